The number of benzene rings is 1. The predicted octanol–water partition coefficient (Wildman–Crippen LogP) is 3.87. The van der Waals surface area contributed by atoms with Gasteiger partial charge in [0.2, 0.25) is 0 Å². The molecule has 2 rings (SSSR count). The fourth-order valence-corrected chi connectivity index (χ4v) is 2.61. The molecule has 1 fully saturated rings. The molecule has 0 saturated carbocycles. The van der Waals surface area contributed by atoms with Gasteiger partial charge < -0.3 is 4.90 Å². The number of halogens is 1. The number of hydrogen-bond donors (Lipinski definition) is 0. The minimum Gasteiger partial charge on any atom is -0.303 e. The molecule has 0 amide bonds. The summed E-state index contributed by atoms with van der Waals surface area (Å²) in [5, 5.41) is 0. The molecule has 109 valence electrons. The van der Waals surface area contributed by atoms with Crippen LogP contribution in [0.5, 0.6) is 0 Å². The molecule has 1 saturated heterocycles. The van der Waals surface area contributed by atoms with E-state index in [0.29, 0.717) is 12.0 Å². The molecular weight excluding hydrogens is 253 g/mol. The zero-order valence-electron chi connectivity index (χ0n) is 12.0. The quantitative estimate of drug-likeness (QED) is 0.556. The maximum Gasteiger partial charge on any atom is 0.162 e. The van der Waals surface area contributed by atoms with Crippen molar-refractivity contribution in [3.63, 3.8) is 0 Å². The molecule has 1 aromatic rings. The number of ketones is 1. The van der Waals surface area contributed by atoms with Crippen molar-refractivity contribution in [1.29, 1.82) is 0 Å². The van der Waals surface area contributed by atoms with Gasteiger partial charge in [-0.05, 0) is 76.0 Å². The Balaban J connectivity index is 1.58. The number of carbonyl (C=O) groups is 1. The Kier molecular flexibility index (Phi) is 6.19. The third-order valence-corrected chi connectivity index (χ3v) is 3.84. The van der Waals surface area contributed by atoms with Crippen LogP contribution < -0.4 is 0 Å². The van der Waals surface area contributed by atoms with E-state index >= 15 is 0 Å². The minimum atomic E-state index is -0.291. The van der Waals surface area contributed by atoms with Crippen molar-refractivity contribution in [2.75, 3.05) is 19.6 Å². The van der Waals surface area contributed by atoms with Gasteiger partial charge in [-0.25, -0.2) is 4.39 Å². The lowest BCUT2D eigenvalue weighted by atomic mass is 10.0. The Morgan fingerprint density at radius 1 is 1.05 bits per heavy atom. The van der Waals surface area contributed by atoms with Crippen LogP contribution in [0.2, 0.25) is 0 Å². The summed E-state index contributed by atoms with van der Waals surface area (Å²) in [5.74, 6) is -0.169. The van der Waals surface area contributed by atoms with Crippen molar-refractivity contribution in [1.82, 2.24) is 4.90 Å². The van der Waals surface area contributed by atoms with Crippen molar-refractivity contribution in [3.05, 3.63) is 42.1 Å². The first-order valence-corrected chi connectivity index (χ1v) is 7.58. The highest BCUT2D eigenvalue weighted by Crippen LogP contribution is 2.12. The van der Waals surface area contributed by atoms with Crippen LogP contribution in [0.4, 0.5) is 4.39 Å². The molecule has 20 heavy (non-hydrogen) atoms. The lowest BCUT2D eigenvalue weighted by Crippen LogP contribution is -2.30. The monoisotopic (exact) mass is 276 g/mol. The summed E-state index contributed by atoms with van der Waals surface area (Å²) in [7, 11) is 0. The normalized spacial score (nSPS) is 16.2. The van der Waals surface area contributed by atoms with Crippen LogP contribution in [0, 0.1) is 12.2 Å². The highest BCUT2D eigenvalue weighted by atomic mass is 19.1. The molecule has 3 heteroatoms. The molecule has 0 aromatic heterocycles. The third-order valence-electron chi connectivity index (χ3n) is 3.84. The van der Waals surface area contributed by atoms with Crippen molar-refractivity contribution in [3.8, 4) is 0 Å². The van der Waals surface area contributed by atoms with Gasteiger partial charge in [0, 0.05) is 12.0 Å². The number of carbonyl (C=O) groups excluding carboxylic acids is 1. The number of Topliss-reactive ketones (excluding diaryl/α,β-unsaturated/α-hetero) is 1. The molecule has 0 atom stereocenters. The lowest BCUT2D eigenvalue weighted by molar-refractivity contribution is 0.0978. The number of unbranched alkanes of at least 4 members (excludes halogenated alkanes) is 2. The summed E-state index contributed by atoms with van der Waals surface area (Å²) in [5.41, 5.74) is 0.623. The largest absolute Gasteiger partial charge is 0.303 e. The average Bonchev–Trinajstić information content (AvgIpc) is 2.48. The average molecular weight is 276 g/mol. The molecule has 0 bridgehead atoms. The number of rotatable bonds is 7. The third kappa shape index (κ3) is 5.04. The highest BCUT2D eigenvalue weighted by Gasteiger charge is 2.09. The number of hydrogen-bond acceptors (Lipinski definition) is 2. The van der Waals surface area contributed by atoms with Gasteiger partial charge in [0.1, 0.15) is 5.82 Å². The van der Waals surface area contributed by atoms with Crippen LogP contribution in [0.25, 0.3) is 0 Å². The fourth-order valence-electron chi connectivity index (χ4n) is 2.61. The number of likely N-dealkylation sites (tertiary alicyclic amines) is 1. The first kappa shape index (κ1) is 15.2. The summed E-state index contributed by atoms with van der Waals surface area (Å²) in [6.07, 6.45) is 8.53. The van der Waals surface area contributed by atoms with Crippen molar-refractivity contribution < 1.29 is 9.18 Å². The van der Waals surface area contributed by atoms with Crippen LogP contribution >= 0.6 is 0 Å². The second-order valence-corrected chi connectivity index (χ2v) is 5.45. The van der Waals surface area contributed by atoms with Crippen molar-refractivity contribution in [2.45, 2.75) is 38.5 Å². The fraction of sp³-hybridized carbons (Fsp3) is 0.529. The molecule has 2 nitrogen and oxygen atoms in total. The SMILES string of the molecule is O=C(CCCCCN1CC[CH]CC1)c1ccc(F)cc1. The zero-order valence-corrected chi connectivity index (χ0v) is 12.0. The molecule has 0 unspecified atom stereocenters. The summed E-state index contributed by atoms with van der Waals surface area (Å²) in [6, 6.07) is 5.84. The standard InChI is InChI=1S/C17H23FNO/c18-16-10-8-15(9-11-16)17(20)7-3-1-4-12-19-13-5-2-6-14-19/h2,8-11H,1,3-7,12-14H2. The Hall–Kier alpha value is -1.22. The van der Waals surface area contributed by atoms with Gasteiger partial charge in [-0.15, -0.1) is 0 Å². The first-order chi connectivity index (χ1) is 9.75. The van der Waals surface area contributed by atoms with Gasteiger partial charge >= 0.3 is 0 Å². The van der Waals surface area contributed by atoms with Gasteiger partial charge in [-0.3, -0.25) is 4.79 Å². The van der Waals surface area contributed by atoms with Crippen LogP contribution in [0.1, 0.15) is 48.9 Å². The topological polar surface area (TPSA) is 20.3 Å². The van der Waals surface area contributed by atoms with Crippen LogP contribution in [-0.2, 0) is 0 Å². The van der Waals surface area contributed by atoms with Crippen molar-refractivity contribution in [2.24, 2.45) is 0 Å². The molecule has 0 spiro atoms. The number of nitrogens with zero attached hydrogens (tertiary/aromatic N) is 1. The summed E-state index contributed by atoms with van der Waals surface area (Å²) in [6.45, 7) is 3.53. The summed E-state index contributed by atoms with van der Waals surface area (Å²) < 4.78 is 12.8. The summed E-state index contributed by atoms with van der Waals surface area (Å²) in [4.78, 5) is 14.4. The van der Waals surface area contributed by atoms with E-state index in [0.717, 1.165) is 25.8 Å². The molecule has 1 aromatic carbocycles. The molecular formula is C17H23FNO. The smallest absolute Gasteiger partial charge is 0.162 e. The lowest BCUT2D eigenvalue weighted by Gasteiger charge is -2.26. The van der Waals surface area contributed by atoms with E-state index < -0.39 is 0 Å². The van der Waals surface area contributed by atoms with Gasteiger partial charge in [0.25, 0.3) is 0 Å². The van der Waals surface area contributed by atoms with E-state index in [1.165, 1.54) is 38.1 Å². The molecule has 1 radical (unpaired) electrons. The maximum atomic E-state index is 12.8. The molecule has 1 aliphatic heterocycles. The van der Waals surface area contributed by atoms with Crippen LogP contribution in [-0.4, -0.2) is 30.3 Å². The molecule has 0 N–H and O–H groups in total. The Morgan fingerprint density at radius 3 is 2.45 bits per heavy atom. The Morgan fingerprint density at radius 2 is 1.75 bits per heavy atom. The van der Waals surface area contributed by atoms with E-state index in [9.17, 15) is 9.18 Å². The zero-order chi connectivity index (χ0) is 14.2. The Bertz CT molecular complexity index is 410. The van der Waals surface area contributed by atoms with E-state index in [1.54, 1.807) is 12.1 Å². The van der Waals surface area contributed by atoms with Gasteiger partial charge in [0.15, 0.2) is 5.78 Å². The van der Waals surface area contributed by atoms with Crippen molar-refractivity contribution >= 4 is 5.78 Å². The van der Waals surface area contributed by atoms with E-state index in [-0.39, 0.29) is 11.6 Å². The van der Waals surface area contributed by atoms with Crippen LogP contribution in [0.3, 0.4) is 0 Å². The maximum absolute atomic E-state index is 12.8. The van der Waals surface area contributed by atoms with E-state index in [1.807, 2.05) is 0 Å². The molecule has 1 heterocycles. The van der Waals surface area contributed by atoms with E-state index in [2.05, 4.69) is 11.3 Å². The molecule has 1 aliphatic rings. The number of piperidine rings is 1. The highest BCUT2D eigenvalue weighted by molar-refractivity contribution is 5.95. The van der Waals surface area contributed by atoms with Gasteiger partial charge in [-0.2, -0.15) is 0 Å². The van der Waals surface area contributed by atoms with Gasteiger partial charge in [-0.1, -0.05) is 6.42 Å². The second-order valence-electron chi connectivity index (χ2n) is 5.45. The van der Waals surface area contributed by atoms with Crippen LogP contribution in [0.15, 0.2) is 24.3 Å². The Labute approximate surface area is 121 Å². The molecule has 0 aliphatic carbocycles. The first-order valence-electron chi connectivity index (χ1n) is 7.58. The second kappa shape index (κ2) is 8.15. The minimum absolute atomic E-state index is 0.123. The predicted molar refractivity (Wildman–Crippen MR) is 79.2 cm³/mol. The van der Waals surface area contributed by atoms with E-state index in [4.69, 9.17) is 0 Å². The summed E-state index contributed by atoms with van der Waals surface area (Å²) >= 11 is 0. The van der Waals surface area contributed by atoms with Gasteiger partial charge in [0.05, 0.1) is 0 Å².